The van der Waals surface area contributed by atoms with Gasteiger partial charge >= 0.3 is 0 Å². The molecule has 1 aliphatic carbocycles. The van der Waals surface area contributed by atoms with Gasteiger partial charge in [0.15, 0.2) is 0 Å². The smallest absolute Gasteiger partial charge is 0.231 e. The highest BCUT2D eigenvalue weighted by Gasteiger charge is 2.26. The largest absolute Gasteiger partial charge is 0.397 e. The van der Waals surface area contributed by atoms with E-state index in [-0.39, 0.29) is 17.5 Å². The molecule has 0 heterocycles. The Morgan fingerprint density at radius 2 is 2.05 bits per heavy atom. The molecule has 0 radical (unpaired) electrons. The summed E-state index contributed by atoms with van der Waals surface area (Å²) in [7, 11) is 0. The number of hydrogen-bond acceptors (Lipinski definition) is 2. The topological polar surface area (TPSA) is 55.1 Å². The first-order valence-electron chi connectivity index (χ1n) is 7.09. The van der Waals surface area contributed by atoms with E-state index in [1.165, 1.54) is 23.8 Å². The van der Waals surface area contributed by atoms with Crippen LogP contribution in [-0.2, 0) is 11.2 Å². The third-order valence-corrected chi connectivity index (χ3v) is 3.96. The summed E-state index contributed by atoms with van der Waals surface area (Å²) in [5, 5.41) is 2.82. The first-order chi connectivity index (χ1) is 10.1. The van der Waals surface area contributed by atoms with Crippen LogP contribution in [-0.4, -0.2) is 5.91 Å². The van der Waals surface area contributed by atoms with Crippen molar-refractivity contribution >= 4 is 17.3 Å². The number of nitrogens with two attached hydrogens (primary N) is 1. The van der Waals surface area contributed by atoms with Crippen LogP contribution in [0.4, 0.5) is 15.8 Å². The second-order valence-electron chi connectivity index (χ2n) is 5.36. The van der Waals surface area contributed by atoms with Crippen LogP contribution in [0.5, 0.6) is 0 Å². The van der Waals surface area contributed by atoms with Crippen LogP contribution >= 0.6 is 0 Å². The lowest BCUT2D eigenvalue weighted by molar-refractivity contribution is -0.117. The Morgan fingerprint density at radius 3 is 2.86 bits per heavy atom. The van der Waals surface area contributed by atoms with E-state index >= 15 is 0 Å². The van der Waals surface area contributed by atoms with Crippen molar-refractivity contribution in [2.75, 3.05) is 11.1 Å². The first kappa shape index (κ1) is 13.6. The van der Waals surface area contributed by atoms with E-state index in [9.17, 15) is 9.18 Å². The van der Waals surface area contributed by atoms with Crippen LogP contribution < -0.4 is 11.1 Å². The Kier molecular flexibility index (Phi) is 3.60. The van der Waals surface area contributed by atoms with E-state index in [1.54, 1.807) is 0 Å². The minimum Gasteiger partial charge on any atom is -0.397 e. The van der Waals surface area contributed by atoms with Crippen molar-refractivity contribution in [1.29, 1.82) is 0 Å². The molecule has 3 rings (SSSR count). The minimum atomic E-state index is -0.409. The lowest BCUT2D eigenvalue weighted by Gasteiger charge is -2.24. The van der Waals surface area contributed by atoms with E-state index < -0.39 is 5.82 Å². The molecule has 21 heavy (non-hydrogen) atoms. The SMILES string of the molecule is Nc1cc(F)ccc1NC(=O)C1CCCc2ccccc21. The highest BCUT2D eigenvalue weighted by molar-refractivity contribution is 5.98. The van der Waals surface area contributed by atoms with Gasteiger partial charge in [-0.15, -0.1) is 0 Å². The number of hydrogen-bond donors (Lipinski definition) is 2. The molecule has 108 valence electrons. The van der Waals surface area contributed by atoms with Gasteiger partial charge in [0, 0.05) is 0 Å². The third-order valence-electron chi connectivity index (χ3n) is 3.96. The van der Waals surface area contributed by atoms with Crippen molar-refractivity contribution in [2.24, 2.45) is 0 Å². The Balaban J connectivity index is 1.83. The lowest BCUT2D eigenvalue weighted by atomic mass is 9.82. The highest BCUT2D eigenvalue weighted by atomic mass is 19.1. The van der Waals surface area contributed by atoms with Crippen LogP contribution in [0, 0.1) is 5.82 Å². The lowest BCUT2D eigenvalue weighted by Crippen LogP contribution is -2.25. The number of aryl methyl sites for hydroxylation is 1. The molecule has 0 aliphatic heterocycles. The van der Waals surface area contributed by atoms with Gasteiger partial charge in [-0.3, -0.25) is 4.79 Å². The molecule has 1 atom stereocenters. The van der Waals surface area contributed by atoms with Crippen LogP contribution in [0.25, 0.3) is 0 Å². The molecule has 0 saturated carbocycles. The molecule has 3 nitrogen and oxygen atoms in total. The van der Waals surface area contributed by atoms with Crippen molar-refractivity contribution in [3.63, 3.8) is 0 Å². The molecule has 0 aromatic heterocycles. The Hall–Kier alpha value is -2.36. The van der Waals surface area contributed by atoms with Crippen molar-refractivity contribution in [2.45, 2.75) is 25.2 Å². The summed E-state index contributed by atoms with van der Waals surface area (Å²) in [6.07, 6.45) is 2.83. The number of benzene rings is 2. The van der Waals surface area contributed by atoms with E-state index in [0.29, 0.717) is 5.69 Å². The zero-order valence-electron chi connectivity index (χ0n) is 11.6. The molecule has 0 saturated heterocycles. The number of nitrogen functional groups attached to an aromatic ring is 1. The fourth-order valence-corrected chi connectivity index (χ4v) is 2.89. The number of anilines is 2. The van der Waals surface area contributed by atoms with Gasteiger partial charge < -0.3 is 11.1 Å². The summed E-state index contributed by atoms with van der Waals surface area (Å²) in [5.74, 6) is -0.659. The van der Waals surface area contributed by atoms with Gasteiger partial charge in [-0.25, -0.2) is 4.39 Å². The van der Waals surface area contributed by atoms with Gasteiger partial charge in [-0.2, -0.15) is 0 Å². The number of halogens is 1. The maximum Gasteiger partial charge on any atom is 0.231 e. The summed E-state index contributed by atoms with van der Waals surface area (Å²) >= 11 is 0. The van der Waals surface area contributed by atoms with Crippen LogP contribution in [0.2, 0.25) is 0 Å². The van der Waals surface area contributed by atoms with E-state index in [1.807, 2.05) is 18.2 Å². The fourth-order valence-electron chi connectivity index (χ4n) is 2.89. The number of carbonyl (C=O) groups is 1. The van der Waals surface area contributed by atoms with Crippen molar-refractivity contribution < 1.29 is 9.18 Å². The predicted molar refractivity (Wildman–Crippen MR) is 81.6 cm³/mol. The number of amides is 1. The molecule has 2 aromatic rings. The standard InChI is InChI=1S/C17H17FN2O/c18-12-8-9-16(15(19)10-12)20-17(21)14-7-3-5-11-4-1-2-6-13(11)14/h1-2,4,6,8-10,14H,3,5,7,19H2,(H,20,21). The minimum absolute atomic E-state index is 0.0829. The normalized spacial score (nSPS) is 17.1. The number of fused-ring (bicyclic) bond motifs is 1. The van der Waals surface area contributed by atoms with Gasteiger partial charge in [0.2, 0.25) is 5.91 Å². The number of nitrogens with one attached hydrogen (secondary N) is 1. The zero-order valence-corrected chi connectivity index (χ0v) is 11.6. The predicted octanol–water partition coefficient (Wildman–Crippen LogP) is 3.47. The van der Waals surface area contributed by atoms with Crippen LogP contribution in [0.15, 0.2) is 42.5 Å². The maximum atomic E-state index is 13.0. The maximum absolute atomic E-state index is 13.0. The van der Waals surface area contributed by atoms with E-state index in [4.69, 9.17) is 5.73 Å². The molecule has 0 spiro atoms. The van der Waals surface area contributed by atoms with Crippen molar-refractivity contribution in [3.05, 3.63) is 59.4 Å². The molecular weight excluding hydrogens is 267 g/mol. The van der Waals surface area contributed by atoms with Crippen LogP contribution in [0.1, 0.15) is 29.9 Å². The Labute approximate surface area is 123 Å². The number of carbonyl (C=O) groups excluding carboxylic acids is 1. The summed E-state index contributed by atoms with van der Waals surface area (Å²) < 4.78 is 13.0. The molecule has 1 unspecified atom stereocenters. The van der Waals surface area contributed by atoms with Crippen molar-refractivity contribution in [3.8, 4) is 0 Å². The molecule has 2 aromatic carbocycles. The van der Waals surface area contributed by atoms with Gasteiger partial charge in [0.1, 0.15) is 5.82 Å². The summed E-state index contributed by atoms with van der Waals surface area (Å²) in [6, 6.07) is 12.0. The Bertz CT molecular complexity index is 684. The van der Waals surface area contributed by atoms with Crippen LogP contribution in [0.3, 0.4) is 0 Å². The highest BCUT2D eigenvalue weighted by Crippen LogP contribution is 2.33. The quantitative estimate of drug-likeness (QED) is 0.830. The summed E-state index contributed by atoms with van der Waals surface area (Å²) in [5.41, 5.74) is 8.76. The van der Waals surface area contributed by atoms with E-state index in [2.05, 4.69) is 11.4 Å². The zero-order chi connectivity index (χ0) is 14.8. The molecule has 1 aliphatic rings. The molecule has 3 N–H and O–H groups in total. The van der Waals surface area contributed by atoms with Gasteiger partial charge in [-0.05, 0) is 48.6 Å². The third kappa shape index (κ3) is 2.75. The first-order valence-corrected chi connectivity index (χ1v) is 7.09. The van der Waals surface area contributed by atoms with Gasteiger partial charge in [0.25, 0.3) is 0 Å². The summed E-state index contributed by atoms with van der Waals surface area (Å²) in [4.78, 5) is 12.5. The monoisotopic (exact) mass is 284 g/mol. The molecule has 0 bridgehead atoms. The van der Waals surface area contributed by atoms with E-state index in [0.717, 1.165) is 24.8 Å². The summed E-state index contributed by atoms with van der Waals surface area (Å²) in [6.45, 7) is 0. The number of rotatable bonds is 2. The second kappa shape index (κ2) is 5.56. The average Bonchev–Trinajstić information content (AvgIpc) is 2.49. The molecular formula is C17H17FN2O. The Morgan fingerprint density at radius 1 is 1.24 bits per heavy atom. The second-order valence-corrected chi connectivity index (χ2v) is 5.36. The molecule has 4 heteroatoms. The van der Waals surface area contributed by atoms with Gasteiger partial charge in [0.05, 0.1) is 17.3 Å². The van der Waals surface area contributed by atoms with Crippen molar-refractivity contribution in [1.82, 2.24) is 0 Å². The molecule has 0 fully saturated rings. The average molecular weight is 284 g/mol. The van der Waals surface area contributed by atoms with Gasteiger partial charge in [-0.1, -0.05) is 24.3 Å². The fraction of sp³-hybridized carbons (Fsp3) is 0.235. The molecule has 1 amide bonds.